The van der Waals surface area contributed by atoms with E-state index < -0.39 is 0 Å². The van der Waals surface area contributed by atoms with Gasteiger partial charge in [-0.15, -0.1) is 21.5 Å². The number of nitrogens with one attached hydrogen (secondary N) is 2. The van der Waals surface area contributed by atoms with Gasteiger partial charge < -0.3 is 0 Å². The molecule has 0 spiro atoms. The predicted molar refractivity (Wildman–Crippen MR) is 96.3 cm³/mol. The molecule has 3 aromatic heterocycles. The Hall–Kier alpha value is -2.62. The molecule has 136 valence electrons. The van der Waals surface area contributed by atoms with Gasteiger partial charge in [0.2, 0.25) is 11.9 Å². The molecule has 0 unspecified atom stereocenters. The summed E-state index contributed by atoms with van der Waals surface area (Å²) in [5, 5.41) is 23.1. The third kappa shape index (κ3) is 3.79. The highest BCUT2D eigenvalue weighted by atomic mass is 32.1. The zero-order valence-electron chi connectivity index (χ0n) is 14.3. The van der Waals surface area contributed by atoms with Crippen molar-refractivity contribution in [3.63, 3.8) is 0 Å². The molecule has 0 saturated heterocycles. The number of carbonyl (C=O) groups is 1. The fraction of sp³-hybridized carbons (Fsp3) is 0.500. The van der Waals surface area contributed by atoms with E-state index in [1.54, 1.807) is 22.3 Å². The molecule has 1 aliphatic rings. The summed E-state index contributed by atoms with van der Waals surface area (Å²) in [6, 6.07) is 3.91. The zero-order chi connectivity index (χ0) is 17.8. The molecule has 3 aromatic rings. The third-order valence-corrected chi connectivity index (χ3v) is 5.71. The lowest BCUT2D eigenvalue weighted by molar-refractivity contribution is -0.119. The molecule has 0 aromatic carbocycles. The van der Waals surface area contributed by atoms with E-state index in [-0.39, 0.29) is 11.3 Å². The zero-order valence-corrected chi connectivity index (χ0v) is 15.1. The summed E-state index contributed by atoms with van der Waals surface area (Å²) >= 11 is 1.57. The van der Waals surface area contributed by atoms with E-state index >= 15 is 0 Å². The van der Waals surface area contributed by atoms with E-state index in [0.717, 1.165) is 30.6 Å². The van der Waals surface area contributed by atoms with Crippen LogP contribution in [0.5, 0.6) is 0 Å². The van der Waals surface area contributed by atoms with Gasteiger partial charge in [0.15, 0.2) is 5.82 Å². The Balaban J connectivity index is 1.43. The number of anilines is 1. The Bertz CT molecular complexity index is 836. The van der Waals surface area contributed by atoms with Gasteiger partial charge >= 0.3 is 0 Å². The average molecular weight is 372 g/mol. The number of thiophene rings is 1. The Kier molecular flexibility index (Phi) is 4.74. The molecule has 2 N–H and O–H groups in total. The lowest BCUT2D eigenvalue weighted by Gasteiger charge is -2.36. The standard InChI is InChI=1S/C16H20N8OS/c25-13(18-15-19-14(20-21-15)12-5-4-8-26-12)9-16(6-2-1-3-7-16)10-24-11-17-22-23-24/h4-5,8,11H,1-3,6-7,9-10H2,(H2,18,19,20,21,25). The van der Waals surface area contributed by atoms with Crippen molar-refractivity contribution >= 4 is 23.2 Å². The lowest BCUT2D eigenvalue weighted by atomic mass is 9.71. The Labute approximate surface area is 154 Å². The summed E-state index contributed by atoms with van der Waals surface area (Å²) in [6.07, 6.45) is 7.47. The van der Waals surface area contributed by atoms with E-state index in [1.807, 2.05) is 17.5 Å². The van der Waals surface area contributed by atoms with Gasteiger partial charge in [-0.1, -0.05) is 25.3 Å². The van der Waals surface area contributed by atoms with Crippen LogP contribution >= 0.6 is 11.3 Å². The van der Waals surface area contributed by atoms with Crippen molar-refractivity contribution in [3.8, 4) is 10.7 Å². The molecule has 9 nitrogen and oxygen atoms in total. The maximum Gasteiger partial charge on any atom is 0.249 e. The van der Waals surface area contributed by atoms with E-state index in [0.29, 0.717) is 24.7 Å². The van der Waals surface area contributed by atoms with Crippen LogP contribution in [0.3, 0.4) is 0 Å². The first-order valence-corrected chi connectivity index (χ1v) is 9.57. The first-order valence-electron chi connectivity index (χ1n) is 8.69. The van der Waals surface area contributed by atoms with Crippen molar-refractivity contribution in [3.05, 3.63) is 23.8 Å². The third-order valence-electron chi connectivity index (χ3n) is 4.83. The highest BCUT2D eigenvalue weighted by Crippen LogP contribution is 2.40. The second kappa shape index (κ2) is 7.32. The first-order chi connectivity index (χ1) is 12.7. The predicted octanol–water partition coefficient (Wildman–Crippen LogP) is 2.50. The number of aromatic amines is 1. The van der Waals surface area contributed by atoms with E-state index in [9.17, 15) is 4.79 Å². The topological polar surface area (TPSA) is 114 Å². The average Bonchev–Trinajstić information content (AvgIpc) is 3.37. The number of amides is 1. The molecule has 3 heterocycles. The Morgan fingerprint density at radius 2 is 2.23 bits per heavy atom. The van der Waals surface area contributed by atoms with Crippen LogP contribution < -0.4 is 5.32 Å². The normalized spacial score (nSPS) is 16.5. The SMILES string of the molecule is O=C(CC1(Cn2cnnn2)CCCCC1)Nc1n[nH]c(-c2cccs2)n1. The van der Waals surface area contributed by atoms with Gasteiger partial charge in [0.1, 0.15) is 6.33 Å². The molecule has 1 amide bonds. The monoisotopic (exact) mass is 372 g/mol. The van der Waals surface area contributed by atoms with Crippen LogP contribution in [0.4, 0.5) is 5.95 Å². The van der Waals surface area contributed by atoms with Gasteiger partial charge in [0.05, 0.1) is 11.4 Å². The second-order valence-corrected chi connectivity index (χ2v) is 7.73. The van der Waals surface area contributed by atoms with Gasteiger partial charge in [-0.3, -0.25) is 15.2 Å². The number of hydrogen-bond acceptors (Lipinski definition) is 7. The smallest absolute Gasteiger partial charge is 0.249 e. The van der Waals surface area contributed by atoms with Crippen molar-refractivity contribution in [2.75, 3.05) is 5.32 Å². The maximum atomic E-state index is 12.6. The quantitative estimate of drug-likeness (QED) is 0.687. The van der Waals surface area contributed by atoms with Crippen molar-refractivity contribution in [1.29, 1.82) is 0 Å². The van der Waals surface area contributed by atoms with Gasteiger partial charge in [-0.2, -0.15) is 4.98 Å². The molecule has 10 heteroatoms. The second-order valence-electron chi connectivity index (χ2n) is 6.78. The number of tetrazole rings is 1. The van der Waals surface area contributed by atoms with Crippen LogP contribution in [0.15, 0.2) is 23.8 Å². The van der Waals surface area contributed by atoms with Crippen LogP contribution in [-0.2, 0) is 11.3 Å². The summed E-state index contributed by atoms with van der Waals surface area (Å²) < 4.78 is 1.72. The summed E-state index contributed by atoms with van der Waals surface area (Å²) in [7, 11) is 0. The van der Waals surface area contributed by atoms with Crippen molar-refractivity contribution in [2.24, 2.45) is 5.41 Å². The van der Waals surface area contributed by atoms with E-state index in [4.69, 9.17) is 0 Å². The fourth-order valence-corrected chi connectivity index (χ4v) is 4.30. The molecule has 1 aliphatic carbocycles. The molecular formula is C16H20N8OS. The largest absolute Gasteiger partial charge is 0.293 e. The molecule has 0 bridgehead atoms. The minimum atomic E-state index is -0.120. The minimum Gasteiger partial charge on any atom is -0.293 e. The molecule has 4 rings (SSSR count). The van der Waals surface area contributed by atoms with Crippen molar-refractivity contribution in [1.82, 2.24) is 35.4 Å². The van der Waals surface area contributed by atoms with Crippen molar-refractivity contribution in [2.45, 2.75) is 45.1 Å². The number of aromatic nitrogens is 7. The van der Waals surface area contributed by atoms with Crippen LogP contribution in [0.2, 0.25) is 0 Å². The van der Waals surface area contributed by atoms with Crippen LogP contribution in [0.1, 0.15) is 38.5 Å². The minimum absolute atomic E-state index is 0.0725. The number of hydrogen-bond donors (Lipinski definition) is 2. The molecule has 26 heavy (non-hydrogen) atoms. The highest BCUT2D eigenvalue weighted by Gasteiger charge is 2.35. The van der Waals surface area contributed by atoms with Crippen LogP contribution in [0.25, 0.3) is 10.7 Å². The number of nitrogens with zero attached hydrogens (tertiary/aromatic N) is 6. The van der Waals surface area contributed by atoms with Crippen LogP contribution in [-0.4, -0.2) is 41.3 Å². The van der Waals surface area contributed by atoms with Gasteiger partial charge in [0.25, 0.3) is 0 Å². The Morgan fingerprint density at radius 3 is 2.96 bits per heavy atom. The van der Waals surface area contributed by atoms with Crippen molar-refractivity contribution < 1.29 is 4.79 Å². The first kappa shape index (κ1) is 16.8. The molecular weight excluding hydrogens is 352 g/mol. The summed E-state index contributed by atoms with van der Waals surface area (Å²) in [5.74, 6) is 0.903. The summed E-state index contributed by atoms with van der Waals surface area (Å²) in [6.45, 7) is 0.655. The lowest BCUT2D eigenvalue weighted by Crippen LogP contribution is -2.34. The molecule has 0 atom stereocenters. The van der Waals surface area contributed by atoms with Gasteiger partial charge in [-0.25, -0.2) is 4.68 Å². The van der Waals surface area contributed by atoms with Gasteiger partial charge in [-0.05, 0) is 40.1 Å². The summed E-state index contributed by atoms with van der Waals surface area (Å²) in [5.41, 5.74) is -0.120. The van der Waals surface area contributed by atoms with Crippen LogP contribution in [0, 0.1) is 5.41 Å². The number of rotatable bonds is 6. The van der Waals surface area contributed by atoms with E-state index in [2.05, 4.69) is 36.0 Å². The fourth-order valence-electron chi connectivity index (χ4n) is 3.64. The maximum absolute atomic E-state index is 12.6. The molecule has 1 fully saturated rings. The van der Waals surface area contributed by atoms with E-state index in [1.165, 1.54) is 6.42 Å². The number of carbonyl (C=O) groups excluding carboxylic acids is 1. The molecule has 0 aliphatic heterocycles. The molecule has 1 saturated carbocycles. The Morgan fingerprint density at radius 1 is 1.35 bits per heavy atom. The number of H-pyrrole nitrogens is 1. The summed E-state index contributed by atoms with van der Waals surface area (Å²) in [4.78, 5) is 18.0. The van der Waals surface area contributed by atoms with Gasteiger partial charge in [0, 0.05) is 6.42 Å². The highest BCUT2D eigenvalue weighted by molar-refractivity contribution is 7.13. The molecule has 0 radical (unpaired) electrons.